The Morgan fingerprint density at radius 3 is 2.32 bits per heavy atom. The highest BCUT2D eigenvalue weighted by atomic mass is 32.2. The van der Waals surface area contributed by atoms with Gasteiger partial charge in [0.25, 0.3) is 15.9 Å². The summed E-state index contributed by atoms with van der Waals surface area (Å²) in [6.45, 7) is 3.68. The number of hydrazone groups is 1. The number of benzene rings is 3. The van der Waals surface area contributed by atoms with Crippen molar-refractivity contribution in [2.24, 2.45) is 5.10 Å². The second-order valence-electron chi connectivity index (χ2n) is 6.79. The number of rotatable bonds is 6. The van der Waals surface area contributed by atoms with Gasteiger partial charge < -0.3 is 0 Å². The van der Waals surface area contributed by atoms with Crippen LogP contribution in [-0.4, -0.2) is 20.5 Å². The lowest BCUT2D eigenvalue weighted by atomic mass is 10.1. The highest BCUT2D eigenvalue weighted by molar-refractivity contribution is 7.92. The molecular formula is C22H19F2N3O3S. The Labute approximate surface area is 178 Å². The zero-order valence-electron chi connectivity index (χ0n) is 16.7. The number of aryl methyl sites for hydroxylation is 2. The normalized spacial score (nSPS) is 11.5. The van der Waals surface area contributed by atoms with Crippen molar-refractivity contribution in [1.29, 1.82) is 0 Å². The second-order valence-corrected chi connectivity index (χ2v) is 8.47. The molecule has 0 fully saturated rings. The molecule has 3 rings (SSSR count). The molecule has 0 radical (unpaired) electrons. The van der Waals surface area contributed by atoms with E-state index in [0.717, 1.165) is 29.5 Å². The van der Waals surface area contributed by atoms with Crippen molar-refractivity contribution in [3.63, 3.8) is 0 Å². The van der Waals surface area contributed by atoms with Crippen LogP contribution < -0.4 is 10.1 Å². The Morgan fingerprint density at radius 2 is 1.65 bits per heavy atom. The number of halogens is 2. The van der Waals surface area contributed by atoms with E-state index < -0.39 is 33.1 Å². The maximum atomic E-state index is 13.6. The summed E-state index contributed by atoms with van der Waals surface area (Å²) in [5.74, 6) is -2.40. The Morgan fingerprint density at radius 1 is 0.968 bits per heavy atom. The largest absolute Gasteiger partial charge is 0.279 e. The van der Waals surface area contributed by atoms with Gasteiger partial charge >= 0.3 is 0 Å². The summed E-state index contributed by atoms with van der Waals surface area (Å²) in [7, 11) is -3.95. The monoisotopic (exact) mass is 443 g/mol. The smallest absolute Gasteiger partial charge is 0.271 e. The molecule has 3 aromatic carbocycles. The summed E-state index contributed by atoms with van der Waals surface area (Å²) in [5, 5.41) is 3.55. The molecule has 6 nitrogen and oxygen atoms in total. The van der Waals surface area contributed by atoms with Gasteiger partial charge in [-0.15, -0.1) is 0 Å². The lowest BCUT2D eigenvalue weighted by Crippen LogP contribution is -2.19. The molecule has 0 saturated heterocycles. The van der Waals surface area contributed by atoms with E-state index in [-0.39, 0.29) is 10.5 Å². The third-order valence-corrected chi connectivity index (χ3v) is 5.76. The zero-order chi connectivity index (χ0) is 22.6. The summed E-state index contributed by atoms with van der Waals surface area (Å²) in [5.41, 5.74) is 3.91. The SMILES string of the molecule is Cc1ccc(NS(=O)(=O)c2cccc(C(=O)N/N=C\c3c(F)cccc3F)c2)c(C)c1. The van der Waals surface area contributed by atoms with Crippen LogP contribution in [0.5, 0.6) is 0 Å². The molecule has 0 aliphatic carbocycles. The van der Waals surface area contributed by atoms with E-state index in [1.54, 1.807) is 19.1 Å². The van der Waals surface area contributed by atoms with Gasteiger partial charge in [0.05, 0.1) is 22.4 Å². The Kier molecular flexibility index (Phi) is 6.45. The van der Waals surface area contributed by atoms with Crippen LogP contribution in [0.2, 0.25) is 0 Å². The lowest BCUT2D eigenvalue weighted by Gasteiger charge is -2.12. The number of anilines is 1. The van der Waals surface area contributed by atoms with Crippen LogP contribution >= 0.6 is 0 Å². The number of carbonyl (C=O) groups is 1. The quantitative estimate of drug-likeness (QED) is 0.443. The van der Waals surface area contributed by atoms with Crippen molar-refractivity contribution < 1.29 is 22.0 Å². The number of hydrogen-bond donors (Lipinski definition) is 2. The van der Waals surface area contributed by atoms with Gasteiger partial charge in [-0.2, -0.15) is 5.10 Å². The van der Waals surface area contributed by atoms with Crippen LogP contribution in [0.3, 0.4) is 0 Å². The molecule has 0 aliphatic rings. The molecule has 0 aromatic heterocycles. The van der Waals surface area contributed by atoms with Crippen molar-refractivity contribution in [2.75, 3.05) is 4.72 Å². The zero-order valence-corrected chi connectivity index (χ0v) is 17.5. The first-order valence-corrected chi connectivity index (χ1v) is 10.6. The van der Waals surface area contributed by atoms with Gasteiger partial charge in [-0.3, -0.25) is 9.52 Å². The third-order valence-electron chi connectivity index (χ3n) is 4.39. The summed E-state index contributed by atoms with van der Waals surface area (Å²) < 4.78 is 55.2. The predicted octanol–water partition coefficient (Wildman–Crippen LogP) is 4.15. The van der Waals surface area contributed by atoms with E-state index >= 15 is 0 Å². The van der Waals surface area contributed by atoms with Crippen LogP contribution in [0.1, 0.15) is 27.0 Å². The van der Waals surface area contributed by atoms with Gasteiger partial charge in [0, 0.05) is 5.56 Å². The lowest BCUT2D eigenvalue weighted by molar-refractivity contribution is 0.0955. The van der Waals surface area contributed by atoms with Gasteiger partial charge in [0.1, 0.15) is 11.6 Å². The minimum absolute atomic E-state index is 0.00894. The van der Waals surface area contributed by atoms with Gasteiger partial charge in [-0.1, -0.05) is 29.8 Å². The van der Waals surface area contributed by atoms with E-state index in [1.807, 2.05) is 13.0 Å². The Balaban J connectivity index is 1.77. The number of amides is 1. The maximum Gasteiger partial charge on any atom is 0.271 e. The van der Waals surface area contributed by atoms with Crippen LogP contribution in [0.25, 0.3) is 0 Å². The Hall–Kier alpha value is -3.59. The summed E-state index contributed by atoms with van der Waals surface area (Å²) in [4.78, 5) is 12.2. The van der Waals surface area contributed by atoms with E-state index in [0.29, 0.717) is 5.69 Å². The van der Waals surface area contributed by atoms with E-state index in [9.17, 15) is 22.0 Å². The molecule has 160 valence electrons. The van der Waals surface area contributed by atoms with Crippen LogP contribution in [0, 0.1) is 25.5 Å². The molecule has 3 aromatic rings. The summed E-state index contributed by atoms with van der Waals surface area (Å²) in [6.07, 6.45) is 0.838. The first-order valence-electron chi connectivity index (χ1n) is 9.15. The van der Waals surface area contributed by atoms with Crippen LogP contribution in [0.4, 0.5) is 14.5 Å². The van der Waals surface area contributed by atoms with Crippen molar-refractivity contribution in [3.8, 4) is 0 Å². The fourth-order valence-electron chi connectivity index (χ4n) is 2.79. The van der Waals surface area contributed by atoms with Crippen molar-refractivity contribution in [2.45, 2.75) is 18.7 Å². The van der Waals surface area contributed by atoms with E-state index in [1.165, 1.54) is 30.3 Å². The predicted molar refractivity (Wildman–Crippen MR) is 115 cm³/mol. The molecule has 2 N–H and O–H groups in total. The first-order chi connectivity index (χ1) is 14.7. The standard InChI is InChI=1S/C22H19F2N3O3S/c1-14-9-10-21(15(2)11-14)27-31(29,30)17-6-3-5-16(12-17)22(28)26-25-13-18-19(23)7-4-8-20(18)24/h3-13,27H,1-2H3,(H,26,28)/b25-13-. The van der Waals surface area contributed by atoms with Crippen molar-refractivity contribution >= 4 is 27.8 Å². The van der Waals surface area contributed by atoms with Crippen molar-refractivity contribution in [3.05, 3.63) is 94.6 Å². The average molecular weight is 443 g/mol. The van der Waals surface area contributed by atoms with Crippen LogP contribution in [0.15, 0.2) is 70.7 Å². The minimum atomic E-state index is -3.95. The van der Waals surface area contributed by atoms with Gasteiger partial charge in [-0.05, 0) is 55.8 Å². The van der Waals surface area contributed by atoms with Gasteiger partial charge in [-0.25, -0.2) is 22.6 Å². The average Bonchev–Trinajstić information content (AvgIpc) is 2.72. The molecule has 0 bridgehead atoms. The first kappa shape index (κ1) is 22.1. The second kappa shape index (κ2) is 9.05. The molecule has 0 aliphatic heterocycles. The van der Waals surface area contributed by atoms with Gasteiger partial charge in [0.2, 0.25) is 0 Å². The number of carbonyl (C=O) groups excluding carboxylic acids is 1. The highest BCUT2D eigenvalue weighted by Gasteiger charge is 2.17. The number of nitrogens with zero attached hydrogens (tertiary/aromatic N) is 1. The maximum absolute atomic E-state index is 13.6. The Bertz CT molecular complexity index is 1250. The van der Waals surface area contributed by atoms with Crippen LogP contribution in [-0.2, 0) is 10.0 Å². The molecule has 31 heavy (non-hydrogen) atoms. The number of nitrogens with one attached hydrogen (secondary N) is 2. The minimum Gasteiger partial charge on any atom is -0.279 e. The topological polar surface area (TPSA) is 87.6 Å². The fraction of sp³-hybridized carbons (Fsp3) is 0.0909. The van der Waals surface area contributed by atoms with E-state index in [4.69, 9.17) is 0 Å². The molecule has 0 unspecified atom stereocenters. The molecule has 0 heterocycles. The van der Waals surface area contributed by atoms with Gasteiger partial charge in [0.15, 0.2) is 0 Å². The summed E-state index contributed by atoms with van der Waals surface area (Å²) >= 11 is 0. The van der Waals surface area contributed by atoms with Crippen molar-refractivity contribution in [1.82, 2.24) is 5.43 Å². The van der Waals surface area contributed by atoms with E-state index in [2.05, 4.69) is 15.2 Å². The molecular weight excluding hydrogens is 424 g/mol. The molecule has 0 saturated carbocycles. The number of sulfonamides is 1. The molecule has 9 heteroatoms. The number of hydrogen-bond acceptors (Lipinski definition) is 4. The molecule has 0 atom stereocenters. The third kappa shape index (κ3) is 5.32. The fourth-order valence-corrected chi connectivity index (χ4v) is 3.97. The molecule has 1 amide bonds. The summed E-state index contributed by atoms with van der Waals surface area (Å²) in [6, 6.07) is 13.9. The highest BCUT2D eigenvalue weighted by Crippen LogP contribution is 2.21. The molecule has 0 spiro atoms.